The number of hydrogen-bond acceptors (Lipinski definition) is 10. The largest absolute Gasteiger partial charge is 0.490 e. The van der Waals surface area contributed by atoms with E-state index in [0.717, 1.165) is 0 Å². The molecular weight excluding hydrogens is 542 g/mol. The molecule has 0 amide bonds. The van der Waals surface area contributed by atoms with Crippen LogP contribution >= 0.6 is 35.1 Å². The third-order valence-corrected chi connectivity index (χ3v) is 8.26. The summed E-state index contributed by atoms with van der Waals surface area (Å²) in [5.41, 5.74) is -2.48. The van der Waals surface area contributed by atoms with Crippen molar-refractivity contribution in [1.82, 2.24) is 14.9 Å². The first-order valence-corrected chi connectivity index (χ1v) is 13.2. The molecule has 1 aromatic heterocycles. The number of aliphatic hydroxyl groups excluding tert-OH is 1. The molecule has 1 aliphatic rings. The van der Waals surface area contributed by atoms with Crippen LogP contribution in [0.4, 0.5) is 4.39 Å². The number of aromatic amines is 1. The van der Waals surface area contributed by atoms with Crippen LogP contribution in [0, 0.1) is 17.7 Å². The fourth-order valence-corrected chi connectivity index (χ4v) is 6.21. The second-order valence-corrected chi connectivity index (χ2v) is 11.3. The zero-order chi connectivity index (χ0) is 25.4. The summed E-state index contributed by atoms with van der Waals surface area (Å²) in [6.45, 7) is 0.283. The third-order valence-electron chi connectivity index (χ3n) is 3.93. The summed E-state index contributed by atoms with van der Waals surface area (Å²) in [4.78, 5) is 58.7. The van der Waals surface area contributed by atoms with Gasteiger partial charge in [0, 0.05) is 0 Å². The molecular formula is C12H16ClFN3O13P3. The van der Waals surface area contributed by atoms with Gasteiger partial charge >= 0.3 is 29.2 Å². The minimum Gasteiger partial charge on any atom is -0.388 e. The molecule has 21 heteroatoms. The van der Waals surface area contributed by atoms with Crippen molar-refractivity contribution >= 4 is 35.1 Å². The Bertz CT molecular complexity index is 1240. The highest BCUT2D eigenvalue weighted by Gasteiger charge is 2.55. The number of phosphoric ester groups is 1. The standard InChI is InChI=1S/C12H16ClFN3O13P3/c1-2-3-12(13)8(18)7(15-10(12)17-4-6(14)9(19)16-11(17)20)5-28-32(24,25)30-33(26,27)29-31(21,22)23/h4,7-8,10,15,18H,5H2,1H3,(H,24,25)(H,26,27)(H,16,19,20)(H2,21,22,23)/t7-,8?,10+,12?/m1/s1. The van der Waals surface area contributed by atoms with Crippen LogP contribution in [0.5, 0.6) is 0 Å². The Morgan fingerprint density at radius 2 is 1.82 bits per heavy atom. The van der Waals surface area contributed by atoms with Gasteiger partial charge in [-0.15, -0.1) is 5.92 Å². The number of phosphoric acid groups is 3. The molecule has 6 atom stereocenters. The Balaban J connectivity index is 2.28. The number of alkyl halides is 1. The average molecular weight is 558 g/mol. The van der Waals surface area contributed by atoms with Gasteiger partial charge in [0.2, 0.25) is 5.82 Å². The van der Waals surface area contributed by atoms with Crippen LogP contribution in [0.3, 0.4) is 0 Å². The zero-order valence-corrected chi connectivity index (χ0v) is 19.5. The lowest BCUT2D eigenvalue weighted by Crippen LogP contribution is -2.45. The summed E-state index contributed by atoms with van der Waals surface area (Å²) >= 11 is 6.34. The molecule has 0 radical (unpaired) electrons. The highest BCUT2D eigenvalue weighted by molar-refractivity contribution is 7.66. The van der Waals surface area contributed by atoms with E-state index in [0.29, 0.717) is 10.8 Å². The highest BCUT2D eigenvalue weighted by Crippen LogP contribution is 2.66. The fraction of sp³-hybridized carbons (Fsp3) is 0.500. The van der Waals surface area contributed by atoms with E-state index in [2.05, 4.69) is 30.3 Å². The molecule has 0 aromatic carbocycles. The van der Waals surface area contributed by atoms with Crippen molar-refractivity contribution in [2.24, 2.45) is 0 Å². The van der Waals surface area contributed by atoms with Gasteiger partial charge in [-0.2, -0.15) is 13.0 Å². The second-order valence-electron chi connectivity index (χ2n) is 6.29. The molecule has 33 heavy (non-hydrogen) atoms. The van der Waals surface area contributed by atoms with Gasteiger partial charge in [-0.3, -0.25) is 24.2 Å². The summed E-state index contributed by atoms with van der Waals surface area (Å²) < 4.78 is 59.7. The Labute approximate surface area is 187 Å². The lowest BCUT2D eigenvalue weighted by atomic mass is 9.99. The van der Waals surface area contributed by atoms with Crippen LogP contribution in [0.1, 0.15) is 13.1 Å². The minimum atomic E-state index is -5.78. The molecule has 16 nitrogen and oxygen atoms in total. The van der Waals surface area contributed by atoms with Gasteiger partial charge < -0.3 is 24.7 Å². The summed E-state index contributed by atoms with van der Waals surface area (Å²) in [5, 5.41) is 13.0. The predicted octanol–water partition coefficient (Wildman–Crippen LogP) is -1.15. The molecule has 186 valence electrons. The Hall–Kier alpha value is -1.21. The van der Waals surface area contributed by atoms with Crippen molar-refractivity contribution in [3.05, 3.63) is 32.9 Å². The van der Waals surface area contributed by atoms with E-state index in [1.165, 1.54) is 6.92 Å². The first-order chi connectivity index (χ1) is 14.9. The Morgan fingerprint density at radius 1 is 1.21 bits per heavy atom. The number of aromatic nitrogens is 2. The normalized spacial score (nSPS) is 29.0. The van der Waals surface area contributed by atoms with Gasteiger partial charge in [-0.05, 0) is 6.92 Å². The van der Waals surface area contributed by atoms with Gasteiger partial charge in [-0.25, -0.2) is 18.5 Å². The molecule has 1 saturated heterocycles. The SMILES string of the molecule is CC#CC1(Cl)C(O)[C@@H](COP(=O)(O)OP(=O)(O)OP(=O)(O)O)N[C@H]1n1cc(F)c(=O)[nH]c1=O. The number of rotatable bonds is 8. The van der Waals surface area contributed by atoms with Crippen molar-refractivity contribution in [2.45, 2.75) is 30.1 Å². The van der Waals surface area contributed by atoms with Gasteiger partial charge in [0.1, 0.15) is 12.3 Å². The van der Waals surface area contributed by atoms with E-state index in [1.54, 1.807) is 4.98 Å². The molecule has 1 aliphatic heterocycles. The third kappa shape index (κ3) is 6.91. The van der Waals surface area contributed by atoms with Gasteiger partial charge in [0.15, 0.2) is 4.87 Å². The monoisotopic (exact) mass is 557 g/mol. The minimum absolute atomic E-state index is 0.477. The van der Waals surface area contributed by atoms with Crippen LogP contribution in [0.15, 0.2) is 15.8 Å². The summed E-state index contributed by atoms with van der Waals surface area (Å²) in [6.07, 6.45) is -2.86. The van der Waals surface area contributed by atoms with Crippen LogP contribution in [0.25, 0.3) is 0 Å². The van der Waals surface area contributed by atoms with Crippen molar-refractivity contribution in [3.63, 3.8) is 0 Å². The topological polar surface area (TPSA) is 247 Å². The molecule has 0 bridgehead atoms. The highest BCUT2D eigenvalue weighted by atomic mass is 35.5. The van der Waals surface area contributed by atoms with Crippen molar-refractivity contribution in [3.8, 4) is 11.8 Å². The smallest absolute Gasteiger partial charge is 0.388 e. The number of hydrogen-bond donors (Lipinski definition) is 7. The van der Waals surface area contributed by atoms with E-state index in [4.69, 9.17) is 26.3 Å². The maximum atomic E-state index is 13.7. The van der Waals surface area contributed by atoms with E-state index in [-0.39, 0.29) is 0 Å². The molecule has 0 saturated carbocycles. The zero-order valence-electron chi connectivity index (χ0n) is 16.1. The summed E-state index contributed by atoms with van der Waals surface area (Å²) in [5.74, 6) is 3.39. The van der Waals surface area contributed by atoms with Crippen LogP contribution in [-0.4, -0.2) is 57.9 Å². The van der Waals surface area contributed by atoms with Crippen molar-refractivity contribution < 1.29 is 55.9 Å². The van der Waals surface area contributed by atoms with Crippen molar-refractivity contribution in [2.75, 3.05) is 6.61 Å². The number of nitrogens with one attached hydrogen (secondary N) is 2. The van der Waals surface area contributed by atoms with Gasteiger partial charge in [-0.1, -0.05) is 17.5 Å². The molecule has 0 spiro atoms. The maximum absolute atomic E-state index is 13.7. The first kappa shape index (κ1) is 28.0. The molecule has 4 unspecified atom stereocenters. The van der Waals surface area contributed by atoms with E-state index < -0.39 is 70.3 Å². The molecule has 2 heterocycles. The van der Waals surface area contributed by atoms with E-state index >= 15 is 0 Å². The summed E-state index contributed by atoms with van der Waals surface area (Å²) in [7, 11) is -16.9. The second kappa shape index (κ2) is 9.80. The van der Waals surface area contributed by atoms with Gasteiger partial charge in [0.25, 0.3) is 5.56 Å². The predicted molar refractivity (Wildman–Crippen MR) is 105 cm³/mol. The number of nitrogens with zero attached hydrogens (tertiary/aromatic N) is 1. The van der Waals surface area contributed by atoms with E-state index in [9.17, 15) is 37.7 Å². The van der Waals surface area contributed by atoms with Crippen LogP contribution < -0.4 is 16.6 Å². The molecule has 0 aliphatic carbocycles. The summed E-state index contributed by atoms with van der Waals surface area (Å²) in [6, 6.07) is -1.46. The molecule has 2 rings (SSSR count). The lowest BCUT2D eigenvalue weighted by molar-refractivity contribution is 0.101. The number of aliphatic hydroxyl groups is 1. The number of H-pyrrole nitrogens is 1. The molecule has 1 fully saturated rings. The Morgan fingerprint density at radius 3 is 2.36 bits per heavy atom. The fourth-order valence-electron chi connectivity index (χ4n) is 2.76. The quantitative estimate of drug-likeness (QED) is 0.113. The molecule has 1 aromatic rings. The molecule has 7 N–H and O–H groups in total. The van der Waals surface area contributed by atoms with Crippen molar-refractivity contribution in [1.29, 1.82) is 0 Å². The maximum Gasteiger partial charge on any atom is 0.490 e. The lowest BCUT2D eigenvalue weighted by Gasteiger charge is -2.27. The first-order valence-electron chi connectivity index (χ1n) is 8.27. The van der Waals surface area contributed by atoms with E-state index in [1.807, 2.05) is 0 Å². The van der Waals surface area contributed by atoms with Crippen LogP contribution in [0.2, 0.25) is 0 Å². The Kier molecular flexibility index (Phi) is 8.33. The number of halogens is 2. The van der Waals surface area contributed by atoms with Gasteiger partial charge in [0.05, 0.1) is 18.8 Å². The van der Waals surface area contributed by atoms with Crippen LogP contribution in [-0.2, 0) is 26.8 Å². The average Bonchev–Trinajstić information content (AvgIpc) is 2.85.